The highest BCUT2D eigenvalue weighted by Gasteiger charge is 2.36. The fraction of sp³-hybridized carbons (Fsp3) is 0.667. The van der Waals surface area contributed by atoms with Gasteiger partial charge < -0.3 is 15.0 Å². The van der Waals surface area contributed by atoms with E-state index in [9.17, 15) is 9.59 Å². The Balaban J connectivity index is 1.48. The van der Waals surface area contributed by atoms with Crippen molar-refractivity contribution in [3.05, 3.63) is 22.9 Å². The second kappa shape index (κ2) is 8.07. The number of carbonyl (C=O) groups is 2. The largest absolute Gasteiger partial charge is 0.481 e. The van der Waals surface area contributed by atoms with E-state index in [0.29, 0.717) is 30.6 Å². The molecule has 0 radical (unpaired) electrons. The molecule has 1 saturated carbocycles. The second-order valence-electron chi connectivity index (χ2n) is 8.03. The molecule has 1 aromatic heterocycles. The molecule has 3 heterocycles. The number of nitrogens with one attached hydrogen (secondary N) is 1. The average molecular weight is 386 g/mol. The first-order chi connectivity index (χ1) is 13.6. The van der Waals surface area contributed by atoms with Crippen LogP contribution in [0.2, 0.25) is 0 Å². The number of methoxy groups -OCH3 is 1. The maximum Gasteiger partial charge on any atom is 0.256 e. The number of hydrogen-bond donors (Lipinski definition) is 1. The topological polar surface area (TPSA) is 74.8 Å². The van der Waals surface area contributed by atoms with Crippen LogP contribution in [0, 0.1) is 0 Å². The predicted molar refractivity (Wildman–Crippen MR) is 105 cm³/mol. The average Bonchev–Trinajstić information content (AvgIpc) is 3.45. The fourth-order valence-electron chi connectivity index (χ4n) is 4.88. The molecule has 0 spiro atoms. The summed E-state index contributed by atoms with van der Waals surface area (Å²) in [7, 11) is 1.58. The highest BCUT2D eigenvalue weighted by molar-refractivity contribution is 5.98. The van der Waals surface area contributed by atoms with Gasteiger partial charge in [0, 0.05) is 18.2 Å². The third-order valence-corrected chi connectivity index (χ3v) is 6.44. The number of ether oxygens (including phenoxy) is 1. The van der Waals surface area contributed by atoms with Gasteiger partial charge in [-0.05, 0) is 44.8 Å². The van der Waals surface area contributed by atoms with Crippen LogP contribution in [0.25, 0.3) is 0 Å². The van der Waals surface area contributed by atoms with Crippen molar-refractivity contribution in [2.24, 2.45) is 0 Å². The Morgan fingerprint density at radius 1 is 1.29 bits per heavy atom. The van der Waals surface area contributed by atoms with Crippen LogP contribution in [-0.2, 0) is 17.9 Å². The number of rotatable bonds is 6. The molecule has 0 aromatic carbocycles. The molecule has 1 aromatic rings. The summed E-state index contributed by atoms with van der Waals surface area (Å²) >= 11 is 0. The van der Waals surface area contributed by atoms with E-state index in [0.717, 1.165) is 50.0 Å². The van der Waals surface area contributed by atoms with Gasteiger partial charge >= 0.3 is 0 Å². The lowest BCUT2D eigenvalue weighted by atomic mass is 10.1. The van der Waals surface area contributed by atoms with Crippen LogP contribution in [0.5, 0.6) is 5.88 Å². The lowest BCUT2D eigenvalue weighted by Crippen LogP contribution is -2.42. The van der Waals surface area contributed by atoms with Crippen molar-refractivity contribution in [1.82, 2.24) is 20.1 Å². The van der Waals surface area contributed by atoms with Crippen LogP contribution < -0.4 is 10.1 Å². The molecule has 152 valence electrons. The van der Waals surface area contributed by atoms with E-state index in [1.54, 1.807) is 7.11 Å². The lowest BCUT2D eigenvalue weighted by molar-refractivity contribution is -0.125. The Kier molecular flexibility index (Phi) is 5.53. The van der Waals surface area contributed by atoms with Crippen molar-refractivity contribution in [2.45, 2.75) is 70.6 Å². The summed E-state index contributed by atoms with van der Waals surface area (Å²) in [6.45, 7) is 4.83. The molecule has 28 heavy (non-hydrogen) atoms. The summed E-state index contributed by atoms with van der Waals surface area (Å²) in [5.41, 5.74) is 2.21. The number of nitrogens with zero attached hydrogens (tertiary/aromatic N) is 3. The van der Waals surface area contributed by atoms with Crippen LogP contribution in [0.4, 0.5) is 0 Å². The minimum atomic E-state index is -0.0575. The van der Waals surface area contributed by atoms with Gasteiger partial charge in [0.05, 0.1) is 31.0 Å². The lowest BCUT2D eigenvalue weighted by Gasteiger charge is -2.22. The number of fused-ring (bicyclic) bond motifs is 1. The van der Waals surface area contributed by atoms with E-state index in [-0.39, 0.29) is 17.9 Å². The monoisotopic (exact) mass is 386 g/mol. The molecule has 2 amide bonds. The van der Waals surface area contributed by atoms with Crippen LogP contribution >= 0.6 is 0 Å². The molecule has 2 aliphatic heterocycles. The van der Waals surface area contributed by atoms with E-state index >= 15 is 0 Å². The van der Waals surface area contributed by atoms with Crippen LogP contribution in [0.3, 0.4) is 0 Å². The maximum atomic E-state index is 12.9. The zero-order chi connectivity index (χ0) is 19.7. The summed E-state index contributed by atoms with van der Waals surface area (Å²) < 4.78 is 5.46. The van der Waals surface area contributed by atoms with Crippen LogP contribution in [-0.4, -0.2) is 58.9 Å². The summed E-state index contributed by atoms with van der Waals surface area (Å²) in [6, 6.07) is 2.14. The molecular weight excluding hydrogens is 356 g/mol. The molecule has 7 nitrogen and oxygen atoms in total. The van der Waals surface area contributed by atoms with Crippen molar-refractivity contribution in [3.8, 4) is 5.88 Å². The third kappa shape index (κ3) is 3.48. The number of pyridine rings is 1. The highest BCUT2D eigenvalue weighted by atomic mass is 16.5. The first-order valence-electron chi connectivity index (χ1n) is 10.5. The Hall–Kier alpha value is -2.15. The Bertz CT molecular complexity index is 760. The van der Waals surface area contributed by atoms with Crippen molar-refractivity contribution in [2.75, 3.05) is 20.2 Å². The zero-order valence-corrected chi connectivity index (χ0v) is 16.9. The van der Waals surface area contributed by atoms with Crippen molar-refractivity contribution >= 4 is 11.8 Å². The quantitative estimate of drug-likeness (QED) is 0.810. The van der Waals surface area contributed by atoms with Gasteiger partial charge in [0.25, 0.3) is 5.91 Å². The summed E-state index contributed by atoms with van der Waals surface area (Å²) in [5.74, 6) is 0.609. The van der Waals surface area contributed by atoms with E-state index < -0.39 is 0 Å². The molecule has 1 aliphatic carbocycles. The van der Waals surface area contributed by atoms with E-state index in [1.807, 2.05) is 11.0 Å². The summed E-state index contributed by atoms with van der Waals surface area (Å²) in [4.78, 5) is 34.3. The van der Waals surface area contributed by atoms with E-state index in [1.165, 1.54) is 12.8 Å². The third-order valence-electron chi connectivity index (χ3n) is 6.44. The molecule has 7 heteroatoms. The Morgan fingerprint density at radius 3 is 2.79 bits per heavy atom. The fourth-order valence-corrected chi connectivity index (χ4v) is 4.88. The predicted octanol–water partition coefficient (Wildman–Crippen LogP) is 2.09. The van der Waals surface area contributed by atoms with Crippen LogP contribution in [0.1, 0.15) is 67.1 Å². The van der Waals surface area contributed by atoms with Crippen molar-refractivity contribution < 1.29 is 14.3 Å². The van der Waals surface area contributed by atoms with E-state index in [2.05, 4.69) is 22.1 Å². The number of amides is 2. The summed E-state index contributed by atoms with van der Waals surface area (Å²) in [5, 5.41) is 3.03. The summed E-state index contributed by atoms with van der Waals surface area (Å²) in [6.07, 6.45) is 6.49. The molecular formula is C21H30N4O3. The van der Waals surface area contributed by atoms with E-state index in [4.69, 9.17) is 4.74 Å². The minimum absolute atomic E-state index is 0.0424. The molecule has 1 N–H and O–H groups in total. The number of likely N-dealkylation sites (tertiary alicyclic amines) is 1. The van der Waals surface area contributed by atoms with Gasteiger partial charge in [-0.15, -0.1) is 0 Å². The SMILES string of the molecule is CCN1CCC[C@H]1C(=O)NCc1cc2c(nc1OC)CN(C1CCCC1)C2=O. The van der Waals surface area contributed by atoms with Gasteiger partial charge in [-0.2, -0.15) is 0 Å². The first kappa shape index (κ1) is 19.2. The molecule has 2 fully saturated rings. The molecule has 0 bridgehead atoms. The van der Waals surface area contributed by atoms with Crippen molar-refractivity contribution in [1.29, 1.82) is 0 Å². The minimum Gasteiger partial charge on any atom is -0.481 e. The first-order valence-corrected chi connectivity index (χ1v) is 10.5. The zero-order valence-electron chi connectivity index (χ0n) is 16.9. The van der Waals surface area contributed by atoms with Gasteiger partial charge in [-0.25, -0.2) is 4.98 Å². The standard InChI is InChI=1S/C21H30N4O3/c1-3-24-10-6-9-18(24)19(26)22-12-14-11-16-17(23-20(14)28-2)13-25(21(16)27)15-7-4-5-8-15/h11,15,18H,3-10,12-13H2,1-2H3,(H,22,26)/t18-/m0/s1. The molecule has 1 atom stereocenters. The maximum absolute atomic E-state index is 12.9. The molecule has 0 unspecified atom stereocenters. The highest BCUT2D eigenvalue weighted by Crippen LogP contribution is 2.33. The van der Waals surface area contributed by atoms with Crippen LogP contribution in [0.15, 0.2) is 6.07 Å². The Labute approximate surface area is 166 Å². The van der Waals surface area contributed by atoms with Gasteiger partial charge in [0.1, 0.15) is 0 Å². The smallest absolute Gasteiger partial charge is 0.256 e. The number of hydrogen-bond acceptors (Lipinski definition) is 5. The van der Waals surface area contributed by atoms with Gasteiger partial charge in [-0.3, -0.25) is 14.5 Å². The molecule has 3 aliphatic rings. The normalized spacial score (nSPS) is 22.7. The van der Waals surface area contributed by atoms with Gasteiger partial charge in [0.15, 0.2) is 0 Å². The van der Waals surface area contributed by atoms with Gasteiger partial charge in [0.2, 0.25) is 11.8 Å². The molecule has 1 saturated heterocycles. The Morgan fingerprint density at radius 2 is 2.07 bits per heavy atom. The number of carbonyl (C=O) groups excluding carboxylic acids is 2. The number of likely N-dealkylation sites (N-methyl/N-ethyl adjacent to an activating group) is 1. The number of aromatic nitrogens is 1. The second-order valence-corrected chi connectivity index (χ2v) is 8.03. The van der Waals surface area contributed by atoms with Crippen molar-refractivity contribution in [3.63, 3.8) is 0 Å². The van der Waals surface area contributed by atoms with Gasteiger partial charge in [-0.1, -0.05) is 19.8 Å². The molecule has 4 rings (SSSR count).